The molecule has 2 N–H and O–H groups in total. The second kappa shape index (κ2) is 11.7. The number of rotatable bonds is 6. The molecular formula is C33H21BrCl2N2O5. The van der Waals surface area contributed by atoms with Crippen LogP contribution in [0.1, 0.15) is 38.7 Å². The Balaban J connectivity index is 1.24. The van der Waals surface area contributed by atoms with Crippen LogP contribution < -0.4 is 19.9 Å². The van der Waals surface area contributed by atoms with E-state index in [9.17, 15) is 10.1 Å². The summed E-state index contributed by atoms with van der Waals surface area (Å²) in [6.45, 7) is 2.06. The first-order valence-corrected chi connectivity index (χ1v) is 14.6. The van der Waals surface area contributed by atoms with E-state index in [1.54, 1.807) is 43.3 Å². The highest BCUT2D eigenvalue weighted by molar-refractivity contribution is 9.10. The predicted molar refractivity (Wildman–Crippen MR) is 167 cm³/mol. The van der Waals surface area contributed by atoms with Gasteiger partial charge in [0.15, 0.2) is 0 Å². The van der Waals surface area contributed by atoms with Crippen molar-refractivity contribution in [1.82, 2.24) is 0 Å². The van der Waals surface area contributed by atoms with Gasteiger partial charge in [-0.3, -0.25) is 0 Å². The number of esters is 1. The average Bonchev–Trinajstić information content (AvgIpc) is 3.31. The van der Waals surface area contributed by atoms with Gasteiger partial charge in [-0.25, -0.2) is 4.79 Å². The van der Waals surface area contributed by atoms with Gasteiger partial charge >= 0.3 is 5.97 Å². The molecule has 0 bridgehead atoms. The zero-order chi connectivity index (χ0) is 30.2. The maximum Gasteiger partial charge on any atom is 0.379 e. The van der Waals surface area contributed by atoms with E-state index < -0.39 is 11.9 Å². The number of aryl methyl sites for hydroxylation is 1. The fourth-order valence-electron chi connectivity index (χ4n) is 4.94. The number of fused-ring (bicyclic) bond motifs is 2. The molecule has 10 heteroatoms. The van der Waals surface area contributed by atoms with E-state index in [0.717, 1.165) is 21.0 Å². The number of carbonyl (C=O) groups excluding carboxylic acids is 1. The third-order valence-electron chi connectivity index (χ3n) is 7.11. The molecular weight excluding hydrogens is 655 g/mol. The number of benzene rings is 4. The van der Waals surface area contributed by atoms with E-state index in [0.29, 0.717) is 38.3 Å². The van der Waals surface area contributed by atoms with Crippen LogP contribution in [0, 0.1) is 18.3 Å². The Hall–Kier alpha value is -4.42. The van der Waals surface area contributed by atoms with Crippen LogP contribution in [-0.4, -0.2) is 5.97 Å². The van der Waals surface area contributed by atoms with Gasteiger partial charge in [0.25, 0.3) is 0 Å². The number of ether oxygens (including phenoxy) is 3. The summed E-state index contributed by atoms with van der Waals surface area (Å²) in [7, 11) is 0. The minimum absolute atomic E-state index is 0.0279. The highest BCUT2D eigenvalue weighted by Crippen LogP contribution is 2.44. The fraction of sp³-hybridized carbons (Fsp3) is 0.0909. The van der Waals surface area contributed by atoms with Crippen molar-refractivity contribution in [2.45, 2.75) is 19.4 Å². The van der Waals surface area contributed by atoms with E-state index in [-0.39, 0.29) is 29.6 Å². The van der Waals surface area contributed by atoms with Crippen molar-refractivity contribution in [2.24, 2.45) is 5.73 Å². The molecule has 5 aromatic rings. The number of carbonyl (C=O) groups is 1. The lowest BCUT2D eigenvalue weighted by Gasteiger charge is -2.26. The Morgan fingerprint density at radius 3 is 2.53 bits per heavy atom. The molecule has 0 radical (unpaired) electrons. The number of hydrogen-bond donors (Lipinski definition) is 1. The maximum atomic E-state index is 13.0. The monoisotopic (exact) mass is 674 g/mol. The number of nitriles is 1. The third-order valence-corrected chi connectivity index (χ3v) is 8.19. The van der Waals surface area contributed by atoms with Gasteiger partial charge in [0.1, 0.15) is 41.1 Å². The van der Waals surface area contributed by atoms with Crippen molar-refractivity contribution in [3.8, 4) is 23.3 Å². The summed E-state index contributed by atoms with van der Waals surface area (Å²) < 4.78 is 24.0. The molecule has 1 aromatic heterocycles. The van der Waals surface area contributed by atoms with Gasteiger partial charge in [-0.2, -0.15) is 5.26 Å². The zero-order valence-electron chi connectivity index (χ0n) is 22.5. The Morgan fingerprint density at radius 1 is 1.02 bits per heavy atom. The lowest BCUT2D eigenvalue weighted by Crippen LogP contribution is -2.21. The molecule has 1 atom stereocenters. The van der Waals surface area contributed by atoms with Gasteiger partial charge in [-0.15, -0.1) is 0 Å². The Labute approximate surface area is 265 Å². The van der Waals surface area contributed by atoms with Crippen LogP contribution in [-0.2, 0) is 6.61 Å². The first-order chi connectivity index (χ1) is 20.7. The molecule has 0 saturated carbocycles. The van der Waals surface area contributed by atoms with Gasteiger partial charge in [0, 0.05) is 42.7 Å². The number of nitrogens with two attached hydrogens (primary N) is 1. The van der Waals surface area contributed by atoms with Gasteiger partial charge in [-0.05, 0) is 61.0 Å². The Morgan fingerprint density at radius 2 is 1.79 bits per heavy atom. The summed E-state index contributed by atoms with van der Waals surface area (Å²) in [4.78, 5) is 13.0. The smallest absolute Gasteiger partial charge is 0.379 e. The Bertz CT molecular complexity index is 1980. The number of hydrogen-bond acceptors (Lipinski definition) is 7. The number of allylic oxidation sites excluding steroid dienone is 1. The van der Waals surface area contributed by atoms with E-state index in [1.165, 1.54) is 0 Å². The number of halogens is 3. The van der Waals surface area contributed by atoms with Crippen LogP contribution in [0.2, 0.25) is 10.0 Å². The molecule has 0 spiro atoms. The minimum atomic E-state index is -0.645. The molecule has 43 heavy (non-hydrogen) atoms. The lowest BCUT2D eigenvalue weighted by molar-refractivity contribution is 0.0702. The van der Waals surface area contributed by atoms with E-state index >= 15 is 0 Å². The summed E-state index contributed by atoms with van der Waals surface area (Å²) in [5.74, 6) is 0.156. The molecule has 2 heterocycles. The number of nitrogens with zero attached hydrogens (tertiary/aromatic N) is 1. The van der Waals surface area contributed by atoms with Crippen molar-refractivity contribution < 1.29 is 23.4 Å². The van der Waals surface area contributed by atoms with Crippen LogP contribution in [0.5, 0.6) is 17.2 Å². The van der Waals surface area contributed by atoms with Gasteiger partial charge in [-0.1, -0.05) is 63.4 Å². The third kappa shape index (κ3) is 5.67. The first kappa shape index (κ1) is 28.7. The molecule has 1 unspecified atom stereocenters. The summed E-state index contributed by atoms with van der Waals surface area (Å²) in [5.41, 5.74) is 9.99. The summed E-state index contributed by atoms with van der Waals surface area (Å²) in [6, 6.07) is 25.2. The lowest BCUT2D eigenvalue weighted by atomic mass is 9.83. The SMILES string of the molecule is Cc1c(C(=O)Oc2ccc3c(c2)OC(N)=C(C#N)C3c2ccc(OCc3ccc(Cl)cc3Cl)cc2)oc2ccc(Br)cc12. The molecule has 214 valence electrons. The van der Waals surface area contributed by atoms with Gasteiger partial charge in [0.05, 0.1) is 5.92 Å². The molecule has 0 amide bonds. The summed E-state index contributed by atoms with van der Waals surface area (Å²) >= 11 is 15.7. The standard InChI is InChI=1S/C33H21BrCl2N2O5/c1-17-25-12-20(34)5-11-28(25)42-31(17)33(39)41-23-9-10-24-29(14-23)43-32(38)26(15-37)30(24)18-3-7-22(8-4-18)40-16-19-2-6-21(35)13-27(19)36/h2-14,30H,16,38H2,1H3. The molecule has 1 aliphatic heterocycles. The van der Waals surface area contributed by atoms with Gasteiger partial charge < -0.3 is 24.4 Å². The maximum absolute atomic E-state index is 13.0. The molecule has 0 fully saturated rings. The van der Waals surface area contributed by atoms with Crippen LogP contribution in [0.25, 0.3) is 11.0 Å². The molecule has 7 nitrogen and oxygen atoms in total. The fourth-order valence-corrected chi connectivity index (χ4v) is 5.76. The quantitative estimate of drug-likeness (QED) is 0.142. The normalized spacial score (nSPS) is 14.2. The highest BCUT2D eigenvalue weighted by Gasteiger charge is 2.31. The van der Waals surface area contributed by atoms with Crippen LogP contribution >= 0.6 is 39.1 Å². The van der Waals surface area contributed by atoms with Crippen molar-refractivity contribution in [1.29, 1.82) is 5.26 Å². The van der Waals surface area contributed by atoms with E-state index in [2.05, 4.69) is 22.0 Å². The average molecular weight is 676 g/mol. The van der Waals surface area contributed by atoms with E-state index in [4.69, 9.17) is 47.6 Å². The molecule has 0 aliphatic carbocycles. The highest BCUT2D eigenvalue weighted by atomic mass is 79.9. The largest absolute Gasteiger partial charge is 0.489 e. The van der Waals surface area contributed by atoms with Crippen molar-refractivity contribution in [2.75, 3.05) is 0 Å². The first-order valence-electron chi connectivity index (χ1n) is 13.0. The van der Waals surface area contributed by atoms with Crippen molar-refractivity contribution >= 4 is 56.1 Å². The zero-order valence-corrected chi connectivity index (χ0v) is 25.6. The summed E-state index contributed by atoms with van der Waals surface area (Å²) in [6.07, 6.45) is 0. The van der Waals surface area contributed by atoms with E-state index in [1.807, 2.05) is 42.5 Å². The number of furan rings is 1. The van der Waals surface area contributed by atoms with Crippen molar-refractivity contribution in [3.63, 3.8) is 0 Å². The molecule has 6 rings (SSSR count). The second-order valence-corrected chi connectivity index (χ2v) is 11.6. The van der Waals surface area contributed by atoms with Crippen LogP contribution in [0.15, 0.2) is 99.2 Å². The van der Waals surface area contributed by atoms with Gasteiger partial charge in [0.2, 0.25) is 11.6 Å². The Kier molecular flexibility index (Phi) is 7.80. The minimum Gasteiger partial charge on any atom is -0.489 e. The molecule has 4 aromatic carbocycles. The molecule has 0 saturated heterocycles. The predicted octanol–water partition coefficient (Wildman–Crippen LogP) is 8.83. The van der Waals surface area contributed by atoms with Crippen molar-refractivity contribution in [3.05, 3.63) is 133 Å². The second-order valence-electron chi connectivity index (χ2n) is 9.80. The van der Waals surface area contributed by atoms with Crippen LogP contribution in [0.4, 0.5) is 0 Å². The molecule has 1 aliphatic rings. The topological polar surface area (TPSA) is 108 Å². The summed E-state index contributed by atoms with van der Waals surface area (Å²) in [5, 5.41) is 11.8. The van der Waals surface area contributed by atoms with Crippen LogP contribution in [0.3, 0.4) is 0 Å².